The Morgan fingerprint density at radius 3 is 1.54 bits per heavy atom. The summed E-state index contributed by atoms with van der Waals surface area (Å²) in [5.41, 5.74) is 15.1. The van der Waals surface area contributed by atoms with Crippen molar-refractivity contribution in [2.45, 2.75) is 179 Å². The Bertz CT molecular complexity index is 5610. The number of aryl methyl sites for hydroxylation is 4. The molecule has 10 aromatic rings. The van der Waals surface area contributed by atoms with Crippen LogP contribution in [0, 0.1) is 20.2 Å². The SMILES string of the molecule is C.CC=O.CCN1CCn2nc(N)cc2C1.CCN1CCn2nc(Nc3cc(B4OC(C)(C)C(C)(C)O4)cn(C)c3=O)cc2C1.CCN1CCn2nc(Nc3cc(Br)cn(C)c3=O)cc2C1.CCN1CCn2nc([N+](=O)[O-])cc2C1.Cn1cc(Br)cc(Br)c1=O.O=Cc1c(Cl)ccnc1N1CCc2c(cc3n2CCCC3)C1=O.O=[N+]([O-])c1cc2n(n1)CCNC2. The van der Waals surface area contributed by atoms with Crippen LogP contribution in [0.2, 0.25) is 5.02 Å². The number of carbonyl (C=O) groups is 3. The molecule has 0 atom stereocenters. The van der Waals surface area contributed by atoms with Crippen LogP contribution >= 0.6 is 59.4 Å². The van der Waals surface area contributed by atoms with Crippen LogP contribution in [0.5, 0.6) is 0 Å². The molecule has 0 saturated carbocycles. The van der Waals surface area contributed by atoms with Crippen LogP contribution in [0.3, 0.4) is 0 Å². The largest absolute Gasteiger partial charge is 0.496 e. The first kappa shape index (κ1) is 97.1. The molecular formula is C82H111BBr3ClN26O12. The molecule has 38 nitrogen and oxygen atoms in total. The number of fused-ring (bicyclic) bond motifs is 8. The Balaban J connectivity index is 0.000000156. The van der Waals surface area contributed by atoms with Gasteiger partial charge in [-0.15, -0.1) is 0 Å². The molecule has 8 aliphatic heterocycles. The average Bonchev–Trinajstić information content (AvgIpc) is 1.63. The van der Waals surface area contributed by atoms with Crippen molar-refractivity contribution < 1.29 is 33.5 Å². The van der Waals surface area contributed by atoms with E-state index in [2.05, 4.69) is 146 Å². The van der Waals surface area contributed by atoms with Crippen LogP contribution in [0.25, 0.3) is 0 Å². The standard InChI is InChI=1S/C20H30BN5O3.C17H16ClN3O2.C14H18BrN5O.C8H12N4O2.C8H14N4.C6H5Br2NO.C6H8N4O2.C2H4O.CH4/c1-7-25-8-9-26-15(13-25)11-17(23-26)22-16-10-14(12-24(6)18(16)27)21-28-19(2,3)20(4,5)29-21;18-14-4-6-19-16(13(14)10-22)21-8-5-15-12(17(21)23)9-11-3-1-2-7-20(11)15;1-3-19-4-5-20-11(9-19)7-13(17-20)16-12-6-10(15)8-18(2)14(12)21;1-2-10-3-4-11-7(6-10)5-8(9-11)12(13)14;1-2-11-3-4-12-7(6-11)5-8(9)10-12;1-9-3-4(7)2-5(8)6(9)10;11-10(12)6-3-5-4-7-1-2-9(5)8-6;1-2-3;/h10-12H,7-9,13H2,1-6H3,(H,22,23);4,6,9-10H,1-3,5,7-8H2;6-8H,3-5,9H2,1-2H3,(H,16,17);5H,2-4,6H2,1H3;5H,2-4,6H2,1H3,(H2,9,10);2-3H,1H3;3,7H,1-2,4H2;2H,1H3;1H4. The lowest BCUT2D eigenvalue weighted by Gasteiger charge is -2.32. The van der Waals surface area contributed by atoms with Crippen molar-refractivity contribution in [2.24, 2.45) is 21.1 Å². The molecule has 5 N–H and O–H groups in total. The van der Waals surface area contributed by atoms with E-state index >= 15 is 0 Å². The second-order valence-electron chi connectivity index (χ2n) is 31.4. The third-order valence-electron chi connectivity index (χ3n) is 22.5. The summed E-state index contributed by atoms with van der Waals surface area (Å²) in [6.07, 6.45) is 12.3. The monoisotopic (exact) mass is 1930 g/mol. The number of aldehydes is 2. The van der Waals surface area contributed by atoms with Gasteiger partial charge in [-0.25, -0.2) is 4.98 Å². The Morgan fingerprint density at radius 2 is 1.04 bits per heavy atom. The molecule has 0 aliphatic carbocycles. The molecule has 672 valence electrons. The van der Waals surface area contributed by atoms with Gasteiger partial charge in [0.05, 0.1) is 115 Å². The van der Waals surface area contributed by atoms with Gasteiger partial charge < -0.3 is 74.3 Å². The summed E-state index contributed by atoms with van der Waals surface area (Å²) in [4.78, 5) is 104. The highest BCUT2D eigenvalue weighted by Crippen LogP contribution is 2.37. The third kappa shape index (κ3) is 24.0. The minimum atomic E-state index is -0.527. The molecule has 1 fully saturated rings. The van der Waals surface area contributed by atoms with E-state index in [-0.39, 0.29) is 47.2 Å². The number of amides is 1. The van der Waals surface area contributed by atoms with Crippen LogP contribution in [0.4, 0.5) is 46.3 Å². The van der Waals surface area contributed by atoms with Crippen molar-refractivity contribution in [1.29, 1.82) is 0 Å². The molecule has 8 aliphatic rings. The van der Waals surface area contributed by atoms with Crippen LogP contribution in [0.15, 0.2) is 113 Å². The van der Waals surface area contributed by atoms with Crippen molar-refractivity contribution in [3.05, 3.63) is 206 Å². The maximum Gasteiger partial charge on any atom is 0.496 e. The van der Waals surface area contributed by atoms with Gasteiger partial charge in [0.1, 0.15) is 29.3 Å². The fraction of sp³-hybridized carbons (Fsp3) is 0.488. The number of nitro groups is 2. The van der Waals surface area contributed by atoms with Gasteiger partial charge in [-0.3, -0.25) is 62.5 Å². The number of carbonyl (C=O) groups excluding carboxylic acids is 3. The molecule has 1 amide bonds. The molecule has 10 aromatic heterocycles. The first-order valence-corrected chi connectivity index (χ1v) is 43.9. The summed E-state index contributed by atoms with van der Waals surface area (Å²) >= 11 is 15.9. The van der Waals surface area contributed by atoms with Crippen molar-refractivity contribution in [1.82, 2.24) is 97.1 Å². The maximum absolute atomic E-state index is 12.9. The van der Waals surface area contributed by atoms with E-state index in [4.69, 9.17) is 31.4 Å². The Morgan fingerprint density at radius 1 is 0.576 bits per heavy atom. The van der Waals surface area contributed by atoms with Crippen molar-refractivity contribution in [3.8, 4) is 0 Å². The average molecular weight is 1940 g/mol. The van der Waals surface area contributed by atoms with Gasteiger partial charge in [0.2, 0.25) is 0 Å². The van der Waals surface area contributed by atoms with E-state index < -0.39 is 28.2 Å². The van der Waals surface area contributed by atoms with Crippen molar-refractivity contribution >= 4 is 137 Å². The topological polar surface area (TPSA) is 407 Å². The normalized spacial score (nSPS) is 16.4. The van der Waals surface area contributed by atoms with E-state index in [0.29, 0.717) is 64.2 Å². The number of halogens is 4. The zero-order valence-corrected chi connectivity index (χ0v) is 77.3. The molecule has 125 heavy (non-hydrogen) atoms. The minimum absolute atomic E-state index is 0. The summed E-state index contributed by atoms with van der Waals surface area (Å²) in [6, 6.07) is 17.9. The van der Waals surface area contributed by atoms with E-state index in [1.165, 1.54) is 47.3 Å². The number of rotatable bonds is 13. The number of nitrogens with two attached hydrogens (primary N) is 1. The second kappa shape index (κ2) is 43.4. The fourth-order valence-electron chi connectivity index (χ4n) is 15.0. The van der Waals surface area contributed by atoms with Crippen molar-refractivity contribution in [2.75, 3.05) is 86.7 Å². The summed E-state index contributed by atoms with van der Waals surface area (Å²) in [5, 5.41) is 51.7. The second-order valence-corrected chi connectivity index (χ2v) is 34.5. The number of nitrogens with one attached hydrogen (secondary N) is 3. The molecule has 0 radical (unpaired) electrons. The van der Waals surface area contributed by atoms with E-state index in [1.54, 1.807) is 93.5 Å². The molecular weight excluding hydrogens is 1830 g/mol. The molecule has 0 bridgehead atoms. The zero-order valence-electron chi connectivity index (χ0n) is 71.8. The summed E-state index contributed by atoms with van der Waals surface area (Å²) in [6.45, 7) is 37.0. The third-order valence-corrected chi connectivity index (χ3v) is 24.3. The van der Waals surface area contributed by atoms with Gasteiger partial charge in [-0.1, -0.05) is 46.7 Å². The molecule has 0 unspecified atom stereocenters. The zero-order chi connectivity index (χ0) is 89.6. The smallest absolute Gasteiger partial charge is 0.399 e. The lowest BCUT2D eigenvalue weighted by atomic mass is 9.80. The number of pyridine rings is 4. The number of likely N-dealkylation sites (N-methyl/N-ethyl adjacent to an activating group) is 4. The number of hydrogen-bond donors (Lipinski definition) is 4. The maximum atomic E-state index is 12.9. The van der Waals surface area contributed by atoms with Crippen LogP contribution in [0.1, 0.15) is 143 Å². The molecule has 18 heterocycles. The van der Waals surface area contributed by atoms with Crippen molar-refractivity contribution in [3.63, 3.8) is 0 Å². The summed E-state index contributed by atoms with van der Waals surface area (Å²) < 4.78 is 30.9. The first-order chi connectivity index (χ1) is 59.1. The first-order valence-electron chi connectivity index (χ1n) is 41.1. The lowest BCUT2D eigenvalue weighted by molar-refractivity contribution is -0.390. The van der Waals surface area contributed by atoms with Gasteiger partial charge >= 0.3 is 18.8 Å². The Kier molecular flexibility index (Phi) is 33.7. The summed E-state index contributed by atoms with van der Waals surface area (Å²) in [7, 11) is 4.65. The molecule has 43 heteroatoms. The quantitative estimate of drug-likeness (QED) is 0.0361. The molecule has 18 rings (SSSR count). The Labute approximate surface area is 755 Å². The molecule has 1 saturated heterocycles. The molecule has 0 aromatic carbocycles. The van der Waals surface area contributed by atoms with Gasteiger partial charge in [-0.05, 0) is 168 Å². The number of nitrogens with zero attached hydrogens (tertiary/aromatic N) is 22. The lowest BCUT2D eigenvalue weighted by Crippen LogP contribution is -2.41. The predicted octanol–water partition coefficient (Wildman–Crippen LogP) is 9.85. The van der Waals surface area contributed by atoms with E-state index in [1.807, 2.05) is 66.0 Å². The van der Waals surface area contributed by atoms with Gasteiger partial charge in [-0.2, -0.15) is 24.7 Å². The highest BCUT2D eigenvalue weighted by Gasteiger charge is 2.52. The van der Waals surface area contributed by atoms with Gasteiger partial charge in [0, 0.05) is 175 Å². The Hall–Kier alpha value is -10.1. The summed E-state index contributed by atoms with van der Waals surface area (Å²) in [5.74, 6) is 2.20. The van der Waals surface area contributed by atoms with E-state index in [0.717, 1.165) is 192 Å². The number of aromatic nitrogens is 15. The highest BCUT2D eigenvalue weighted by atomic mass is 79.9. The van der Waals surface area contributed by atoms with Gasteiger partial charge in [0.25, 0.3) is 22.6 Å². The van der Waals surface area contributed by atoms with Crippen LogP contribution in [-0.4, -0.2) is 204 Å². The van der Waals surface area contributed by atoms with Crippen LogP contribution in [-0.2, 0) is 120 Å². The predicted molar refractivity (Wildman–Crippen MR) is 491 cm³/mol. The van der Waals surface area contributed by atoms with E-state index in [9.17, 15) is 44.2 Å². The number of nitrogen functional groups attached to an aromatic ring is 1. The van der Waals surface area contributed by atoms with Crippen LogP contribution < -0.4 is 48.7 Å². The number of anilines is 6. The highest BCUT2D eigenvalue weighted by molar-refractivity contribution is 9.11. The molecule has 0 spiro atoms. The number of hydrogen-bond acceptors (Lipinski definition) is 26. The van der Waals surface area contributed by atoms with Gasteiger partial charge in [0.15, 0.2) is 17.9 Å². The fourth-order valence-corrected chi connectivity index (χ4v) is 17.1. The minimum Gasteiger partial charge on any atom is -0.399 e.